The standard InChI is InChI=1S/C24H28N4O3SSi/c1-17(20-9-10-28(26-20)23-8-5-18(15-29)14-25-23)19-6-7-21-22(13-19)32-24(30)27(21)16-31-11-12-33(2,3)4/h5-10,13-15,17H,11-12,16H2,1-4H3. The minimum absolute atomic E-state index is 0.00284. The number of benzene rings is 1. The van der Waals surface area contributed by atoms with Crippen LogP contribution in [0.5, 0.6) is 0 Å². The molecule has 0 amide bonds. The second-order valence-electron chi connectivity index (χ2n) is 9.35. The zero-order chi connectivity index (χ0) is 23.6. The number of rotatable bonds is 9. The van der Waals surface area contributed by atoms with E-state index in [1.165, 1.54) is 17.5 Å². The average molecular weight is 481 g/mol. The first-order valence-corrected chi connectivity index (χ1v) is 15.5. The van der Waals surface area contributed by atoms with E-state index < -0.39 is 8.07 Å². The minimum atomic E-state index is -1.16. The van der Waals surface area contributed by atoms with Gasteiger partial charge in [0.15, 0.2) is 12.1 Å². The molecule has 3 aromatic heterocycles. The van der Waals surface area contributed by atoms with Crippen molar-refractivity contribution in [2.24, 2.45) is 0 Å². The van der Waals surface area contributed by atoms with Crippen LogP contribution in [0.2, 0.25) is 25.7 Å². The van der Waals surface area contributed by atoms with Crippen molar-refractivity contribution in [3.63, 3.8) is 0 Å². The average Bonchev–Trinajstić information content (AvgIpc) is 3.40. The Bertz CT molecular complexity index is 1320. The molecule has 4 aromatic rings. The van der Waals surface area contributed by atoms with Crippen LogP contribution >= 0.6 is 11.3 Å². The fourth-order valence-corrected chi connectivity index (χ4v) is 5.16. The Kier molecular flexibility index (Phi) is 6.73. The van der Waals surface area contributed by atoms with Gasteiger partial charge in [-0.05, 0) is 41.9 Å². The van der Waals surface area contributed by atoms with Crippen LogP contribution in [0.3, 0.4) is 0 Å². The lowest BCUT2D eigenvalue weighted by atomic mass is 9.98. The molecule has 0 saturated carbocycles. The largest absolute Gasteiger partial charge is 0.361 e. The van der Waals surface area contributed by atoms with Crippen LogP contribution in [0.25, 0.3) is 16.0 Å². The van der Waals surface area contributed by atoms with Crippen LogP contribution in [0.1, 0.15) is 34.5 Å². The predicted molar refractivity (Wildman–Crippen MR) is 134 cm³/mol. The summed E-state index contributed by atoms with van der Waals surface area (Å²) < 4.78 is 10.2. The van der Waals surface area contributed by atoms with Gasteiger partial charge < -0.3 is 4.74 Å². The number of pyridine rings is 1. The number of thiazole rings is 1. The van der Waals surface area contributed by atoms with Crippen LogP contribution in [-0.4, -0.2) is 40.3 Å². The highest BCUT2D eigenvalue weighted by Crippen LogP contribution is 2.28. The van der Waals surface area contributed by atoms with Gasteiger partial charge in [-0.3, -0.25) is 14.2 Å². The number of ether oxygens (including phenoxy) is 1. The van der Waals surface area contributed by atoms with E-state index in [1.54, 1.807) is 21.4 Å². The van der Waals surface area contributed by atoms with Gasteiger partial charge in [0.05, 0.1) is 15.9 Å². The molecule has 0 fully saturated rings. The van der Waals surface area contributed by atoms with E-state index in [-0.39, 0.29) is 10.8 Å². The Labute approximate surface area is 197 Å². The molecule has 0 aliphatic rings. The van der Waals surface area contributed by atoms with Gasteiger partial charge in [0, 0.05) is 38.6 Å². The van der Waals surface area contributed by atoms with Crippen LogP contribution in [0, 0.1) is 0 Å². The Morgan fingerprint density at radius 3 is 2.70 bits per heavy atom. The van der Waals surface area contributed by atoms with E-state index in [1.807, 2.05) is 24.4 Å². The van der Waals surface area contributed by atoms with Gasteiger partial charge >= 0.3 is 4.87 Å². The van der Waals surface area contributed by atoms with Crippen molar-refractivity contribution in [2.45, 2.75) is 45.3 Å². The van der Waals surface area contributed by atoms with Crippen molar-refractivity contribution in [1.82, 2.24) is 19.3 Å². The highest BCUT2D eigenvalue weighted by molar-refractivity contribution is 7.16. The number of carbonyl (C=O) groups excluding carboxylic acids is 1. The van der Waals surface area contributed by atoms with E-state index in [0.29, 0.717) is 24.7 Å². The maximum absolute atomic E-state index is 12.6. The quantitative estimate of drug-likeness (QED) is 0.193. The minimum Gasteiger partial charge on any atom is -0.361 e. The number of aldehydes is 1. The topological polar surface area (TPSA) is 79.0 Å². The van der Waals surface area contributed by atoms with Gasteiger partial charge in [-0.25, -0.2) is 9.67 Å². The highest BCUT2D eigenvalue weighted by atomic mass is 32.1. The lowest BCUT2D eigenvalue weighted by Crippen LogP contribution is -2.23. The van der Waals surface area contributed by atoms with E-state index in [4.69, 9.17) is 4.74 Å². The zero-order valence-corrected chi connectivity index (χ0v) is 21.1. The Balaban J connectivity index is 1.51. The van der Waals surface area contributed by atoms with E-state index in [0.717, 1.165) is 33.8 Å². The van der Waals surface area contributed by atoms with Crippen molar-refractivity contribution in [3.8, 4) is 5.82 Å². The van der Waals surface area contributed by atoms with Crippen LogP contribution in [0.4, 0.5) is 0 Å². The van der Waals surface area contributed by atoms with Gasteiger partial charge in [-0.15, -0.1) is 0 Å². The van der Waals surface area contributed by atoms with Crippen molar-refractivity contribution in [3.05, 3.63) is 75.3 Å². The Hall–Kier alpha value is -2.88. The Morgan fingerprint density at radius 2 is 2.00 bits per heavy atom. The maximum atomic E-state index is 12.6. The zero-order valence-electron chi connectivity index (χ0n) is 19.3. The first kappa shape index (κ1) is 23.3. The third-order valence-electron chi connectivity index (χ3n) is 5.60. The number of fused-ring (bicyclic) bond motifs is 1. The molecular formula is C24H28N4O3SSi. The molecule has 0 aliphatic carbocycles. The van der Waals surface area contributed by atoms with E-state index in [2.05, 4.69) is 42.7 Å². The molecule has 4 rings (SSSR count). The first-order chi connectivity index (χ1) is 15.7. The van der Waals surface area contributed by atoms with Crippen molar-refractivity contribution in [1.29, 1.82) is 0 Å². The molecule has 172 valence electrons. The number of carbonyl (C=O) groups is 1. The summed E-state index contributed by atoms with van der Waals surface area (Å²) in [6.07, 6.45) is 4.16. The van der Waals surface area contributed by atoms with Crippen LogP contribution in [-0.2, 0) is 11.5 Å². The van der Waals surface area contributed by atoms with Gasteiger partial charge in [0.25, 0.3) is 0 Å². The summed E-state index contributed by atoms with van der Waals surface area (Å²) in [5.41, 5.74) is 3.42. The fraction of sp³-hybridized carbons (Fsp3) is 0.333. The van der Waals surface area contributed by atoms with Crippen molar-refractivity contribution in [2.75, 3.05) is 6.61 Å². The maximum Gasteiger partial charge on any atom is 0.310 e. The molecule has 1 aromatic carbocycles. The number of hydrogen-bond donors (Lipinski definition) is 0. The summed E-state index contributed by atoms with van der Waals surface area (Å²) in [7, 11) is -1.16. The molecule has 33 heavy (non-hydrogen) atoms. The SMILES string of the molecule is CC(c1ccc2c(c1)sc(=O)n2COCC[Si](C)(C)C)c1ccn(-c2ccc(C=O)cn2)n1. The molecule has 3 heterocycles. The lowest BCUT2D eigenvalue weighted by Gasteiger charge is -2.15. The third-order valence-corrected chi connectivity index (χ3v) is 8.25. The Morgan fingerprint density at radius 1 is 1.18 bits per heavy atom. The lowest BCUT2D eigenvalue weighted by molar-refractivity contribution is 0.0888. The first-order valence-electron chi connectivity index (χ1n) is 10.9. The molecular weight excluding hydrogens is 452 g/mol. The van der Waals surface area contributed by atoms with Crippen LogP contribution in [0.15, 0.2) is 53.6 Å². The monoisotopic (exact) mass is 480 g/mol. The predicted octanol–water partition coefficient (Wildman–Crippen LogP) is 4.92. The summed E-state index contributed by atoms with van der Waals surface area (Å²) in [6, 6.07) is 12.6. The molecule has 1 unspecified atom stereocenters. The third kappa shape index (κ3) is 5.37. The molecule has 1 atom stereocenters. The van der Waals surface area contributed by atoms with Crippen molar-refractivity contribution >= 4 is 35.9 Å². The highest BCUT2D eigenvalue weighted by Gasteiger charge is 2.16. The number of aromatic nitrogens is 4. The van der Waals surface area contributed by atoms with Gasteiger partial charge in [-0.2, -0.15) is 5.10 Å². The summed E-state index contributed by atoms with van der Waals surface area (Å²) >= 11 is 1.25. The molecule has 7 nitrogen and oxygen atoms in total. The van der Waals surface area contributed by atoms with E-state index >= 15 is 0 Å². The summed E-state index contributed by atoms with van der Waals surface area (Å²) in [4.78, 5) is 27.7. The van der Waals surface area contributed by atoms with Crippen LogP contribution < -0.4 is 4.87 Å². The number of hydrogen-bond acceptors (Lipinski definition) is 6. The molecule has 0 saturated heterocycles. The van der Waals surface area contributed by atoms with Gasteiger partial charge in [-0.1, -0.05) is 44.0 Å². The fourth-order valence-electron chi connectivity index (χ4n) is 3.48. The second-order valence-corrected chi connectivity index (χ2v) is 16.0. The molecule has 0 N–H and O–H groups in total. The van der Waals surface area contributed by atoms with Gasteiger partial charge in [0.2, 0.25) is 0 Å². The van der Waals surface area contributed by atoms with E-state index in [9.17, 15) is 9.59 Å². The summed E-state index contributed by atoms with van der Waals surface area (Å²) in [5.74, 6) is 0.697. The normalized spacial score (nSPS) is 12.8. The molecule has 0 aliphatic heterocycles. The van der Waals surface area contributed by atoms with Crippen molar-refractivity contribution < 1.29 is 9.53 Å². The second kappa shape index (κ2) is 9.54. The number of nitrogens with zero attached hydrogens (tertiary/aromatic N) is 4. The smallest absolute Gasteiger partial charge is 0.310 e. The molecule has 9 heteroatoms. The summed E-state index contributed by atoms with van der Waals surface area (Å²) in [5, 5.41) is 4.67. The summed E-state index contributed by atoms with van der Waals surface area (Å²) in [6.45, 7) is 10.0. The molecule has 0 bridgehead atoms. The molecule has 0 spiro atoms. The van der Waals surface area contributed by atoms with Gasteiger partial charge in [0.1, 0.15) is 6.73 Å². The molecule has 0 radical (unpaired) electrons.